The Bertz CT molecular complexity index is 1120. The summed E-state index contributed by atoms with van der Waals surface area (Å²) >= 11 is 3.36. The molecule has 1 aliphatic rings. The second-order valence-corrected chi connectivity index (χ2v) is 7.66. The van der Waals surface area contributed by atoms with Gasteiger partial charge >= 0.3 is 0 Å². The van der Waals surface area contributed by atoms with E-state index in [1.54, 1.807) is 54.9 Å². The summed E-state index contributed by atoms with van der Waals surface area (Å²) in [5.41, 5.74) is 2.64. The molecule has 0 aliphatic carbocycles. The molecule has 3 aromatic rings. The number of amides is 1. The molecule has 0 saturated carbocycles. The van der Waals surface area contributed by atoms with Crippen LogP contribution in [0, 0.1) is 6.92 Å². The number of Topliss-reactive ketones (excluding diaryl/α,β-unsaturated/α-hetero) is 1. The van der Waals surface area contributed by atoms with Crippen molar-refractivity contribution in [2.24, 2.45) is 0 Å². The highest BCUT2D eigenvalue weighted by Gasteiger charge is 2.47. The minimum Gasteiger partial charge on any atom is -0.507 e. The second kappa shape index (κ2) is 7.64. The van der Waals surface area contributed by atoms with E-state index < -0.39 is 17.7 Å². The quantitative estimate of drug-likeness (QED) is 0.355. The largest absolute Gasteiger partial charge is 0.507 e. The number of nitrogens with zero attached hydrogens (tertiary/aromatic N) is 2. The van der Waals surface area contributed by atoms with Gasteiger partial charge in [-0.2, -0.15) is 0 Å². The monoisotopic (exact) mass is 448 g/mol. The molecule has 0 bridgehead atoms. The number of hydrogen-bond donors (Lipinski definition) is 1. The van der Waals surface area contributed by atoms with Gasteiger partial charge < -0.3 is 5.11 Å². The molecule has 1 N–H and O–H groups in total. The van der Waals surface area contributed by atoms with Crippen molar-refractivity contribution in [3.05, 3.63) is 99.8 Å². The second-order valence-electron chi connectivity index (χ2n) is 6.75. The van der Waals surface area contributed by atoms with Crippen LogP contribution in [0.1, 0.15) is 22.7 Å². The van der Waals surface area contributed by atoms with Gasteiger partial charge in [0.25, 0.3) is 11.7 Å². The zero-order chi connectivity index (χ0) is 20.5. The summed E-state index contributed by atoms with van der Waals surface area (Å²) in [4.78, 5) is 31.7. The van der Waals surface area contributed by atoms with Gasteiger partial charge in [0.2, 0.25) is 0 Å². The Hall–Kier alpha value is -3.25. The van der Waals surface area contributed by atoms with Gasteiger partial charge in [-0.05, 0) is 42.3 Å². The fraction of sp³-hybridized carbons (Fsp3) is 0.0870. The van der Waals surface area contributed by atoms with Crippen molar-refractivity contribution in [3.8, 4) is 0 Å². The normalized spacial score (nSPS) is 18.3. The summed E-state index contributed by atoms with van der Waals surface area (Å²) in [6.07, 6.45) is 3.23. The van der Waals surface area contributed by atoms with Crippen LogP contribution in [0.3, 0.4) is 0 Å². The molecule has 1 saturated heterocycles. The molecular formula is C23H17BrN2O3. The van der Waals surface area contributed by atoms with Crippen molar-refractivity contribution in [3.63, 3.8) is 0 Å². The number of ketones is 1. The first-order valence-corrected chi connectivity index (χ1v) is 9.81. The number of carbonyl (C=O) groups is 2. The molecule has 144 valence electrons. The van der Waals surface area contributed by atoms with Gasteiger partial charge in [0, 0.05) is 28.1 Å². The Balaban J connectivity index is 1.96. The number of aryl methyl sites for hydroxylation is 1. The lowest BCUT2D eigenvalue weighted by molar-refractivity contribution is -0.132. The van der Waals surface area contributed by atoms with Gasteiger partial charge in [0.1, 0.15) is 5.76 Å². The maximum absolute atomic E-state index is 13.0. The zero-order valence-corrected chi connectivity index (χ0v) is 17.1. The number of halogens is 1. The number of hydrogen-bond acceptors (Lipinski definition) is 4. The lowest BCUT2D eigenvalue weighted by Crippen LogP contribution is -2.30. The summed E-state index contributed by atoms with van der Waals surface area (Å²) in [5, 5.41) is 11.0. The van der Waals surface area contributed by atoms with Gasteiger partial charge in [-0.3, -0.25) is 19.5 Å². The van der Waals surface area contributed by atoms with Crippen LogP contribution in [0.2, 0.25) is 0 Å². The molecule has 4 rings (SSSR count). The first-order chi connectivity index (χ1) is 14.0. The minimum absolute atomic E-state index is 0.0496. The molecule has 1 aliphatic heterocycles. The van der Waals surface area contributed by atoms with Crippen molar-refractivity contribution in [1.29, 1.82) is 0 Å². The number of aliphatic hydroxyl groups is 1. The summed E-state index contributed by atoms with van der Waals surface area (Å²) in [7, 11) is 0. The van der Waals surface area contributed by atoms with Crippen LogP contribution in [0.5, 0.6) is 0 Å². The van der Waals surface area contributed by atoms with Crippen LogP contribution in [0.4, 0.5) is 5.69 Å². The Morgan fingerprint density at radius 3 is 2.41 bits per heavy atom. The summed E-state index contributed by atoms with van der Waals surface area (Å²) in [5.74, 6) is -1.60. The number of aliphatic hydroxyl groups excluding tert-OH is 1. The number of aromatic nitrogens is 1. The van der Waals surface area contributed by atoms with Crippen LogP contribution in [0.15, 0.2) is 83.1 Å². The standard InChI is InChI=1S/C23H17BrN2O3/c1-14-5-2-3-7-18(14)26-20(16-6-4-12-25-13-16)19(22(28)23(26)29)21(27)15-8-10-17(24)11-9-15/h2-13,20,27H,1H3/b21-19+. The van der Waals surface area contributed by atoms with E-state index in [9.17, 15) is 14.7 Å². The molecule has 1 aromatic heterocycles. The lowest BCUT2D eigenvalue weighted by atomic mass is 9.96. The average Bonchev–Trinajstić information content (AvgIpc) is 3.00. The molecule has 1 amide bonds. The molecule has 0 radical (unpaired) electrons. The van der Waals surface area contributed by atoms with Gasteiger partial charge in [-0.1, -0.05) is 52.3 Å². The molecule has 0 spiro atoms. The lowest BCUT2D eigenvalue weighted by Gasteiger charge is -2.26. The Kier molecular flexibility index (Phi) is 5.03. The average molecular weight is 449 g/mol. The van der Waals surface area contributed by atoms with Gasteiger partial charge in [-0.15, -0.1) is 0 Å². The Morgan fingerprint density at radius 1 is 1.03 bits per heavy atom. The Labute approximate surface area is 176 Å². The predicted octanol–water partition coefficient (Wildman–Crippen LogP) is 4.78. The van der Waals surface area contributed by atoms with Crippen molar-refractivity contribution < 1.29 is 14.7 Å². The summed E-state index contributed by atoms with van der Waals surface area (Å²) in [6, 6.07) is 17.1. The fourth-order valence-corrected chi connectivity index (χ4v) is 3.80. The molecule has 29 heavy (non-hydrogen) atoms. The smallest absolute Gasteiger partial charge is 0.300 e. The molecular weight excluding hydrogens is 432 g/mol. The van der Waals surface area contributed by atoms with E-state index >= 15 is 0 Å². The van der Waals surface area contributed by atoms with Crippen molar-refractivity contribution in [1.82, 2.24) is 4.98 Å². The fourth-order valence-electron chi connectivity index (χ4n) is 3.53. The van der Waals surface area contributed by atoms with Gasteiger partial charge in [-0.25, -0.2) is 0 Å². The van der Waals surface area contributed by atoms with Gasteiger partial charge in [0.05, 0.1) is 11.6 Å². The zero-order valence-electron chi connectivity index (χ0n) is 15.5. The first kappa shape index (κ1) is 19.1. The van der Waals surface area contributed by atoms with Gasteiger partial charge in [0.15, 0.2) is 0 Å². The number of anilines is 1. The van der Waals surface area contributed by atoms with Crippen molar-refractivity contribution in [2.45, 2.75) is 13.0 Å². The van der Waals surface area contributed by atoms with Crippen LogP contribution in [-0.4, -0.2) is 21.8 Å². The molecule has 1 atom stereocenters. The minimum atomic E-state index is -0.770. The third kappa shape index (κ3) is 3.36. The maximum atomic E-state index is 13.0. The summed E-state index contributed by atoms with van der Waals surface area (Å²) < 4.78 is 0.846. The van der Waals surface area contributed by atoms with Crippen LogP contribution in [0.25, 0.3) is 5.76 Å². The van der Waals surface area contributed by atoms with E-state index in [4.69, 9.17) is 0 Å². The molecule has 5 nitrogen and oxygen atoms in total. The third-order valence-corrected chi connectivity index (χ3v) is 5.47. The predicted molar refractivity (Wildman–Crippen MR) is 114 cm³/mol. The first-order valence-electron chi connectivity index (χ1n) is 9.01. The van der Waals surface area contributed by atoms with Crippen LogP contribution in [-0.2, 0) is 9.59 Å². The van der Waals surface area contributed by atoms with E-state index in [-0.39, 0.29) is 11.3 Å². The number of para-hydroxylation sites is 1. The highest BCUT2D eigenvalue weighted by atomic mass is 79.9. The number of carbonyl (C=O) groups excluding carboxylic acids is 2. The molecule has 1 fully saturated rings. The van der Waals surface area contributed by atoms with E-state index in [0.29, 0.717) is 16.8 Å². The molecule has 2 aromatic carbocycles. The number of rotatable bonds is 3. The Morgan fingerprint density at radius 2 is 1.76 bits per heavy atom. The van der Waals surface area contributed by atoms with E-state index in [2.05, 4.69) is 20.9 Å². The highest BCUT2D eigenvalue weighted by molar-refractivity contribution is 9.10. The SMILES string of the molecule is Cc1ccccc1N1C(=O)C(=O)/C(=C(/O)c2ccc(Br)cc2)C1c1cccnc1. The molecule has 2 heterocycles. The number of benzene rings is 2. The highest BCUT2D eigenvalue weighted by Crippen LogP contribution is 2.42. The maximum Gasteiger partial charge on any atom is 0.300 e. The summed E-state index contributed by atoms with van der Waals surface area (Å²) in [6.45, 7) is 1.88. The topological polar surface area (TPSA) is 70.5 Å². The van der Waals surface area contributed by atoms with Crippen LogP contribution >= 0.6 is 15.9 Å². The van der Waals surface area contributed by atoms with E-state index in [1.165, 1.54) is 4.90 Å². The van der Waals surface area contributed by atoms with Crippen LogP contribution < -0.4 is 4.90 Å². The molecule has 1 unspecified atom stereocenters. The van der Waals surface area contributed by atoms with E-state index in [1.807, 2.05) is 25.1 Å². The van der Waals surface area contributed by atoms with Crippen molar-refractivity contribution in [2.75, 3.05) is 4.90 Å². The van der Waals surface area contributed by atoms with E-state index in [0.717, 1.165) is 10.0 Å². The third-order valence-electron chi connectivity index (χ3n) is 4.94. The molecule has 6 heteroatoms. The number of pyridine rings is 1. The van der Waals surface area contributed by atoms with Crippen molar-refractivity contribution >= 4 is 39.1 Å².